The number of terminal acetylenes is 1. The molecule has 0 bridgehead atoms. The number of carboxylic acid groups (broad SMARTS) is 1. The first-order valence-corrected chi connectivity index (χ1v) is 19.5. The van der Waals surface area contributed by atoms with Gasteiger partial charge in [0.25, 0.3) is 11.8 Å². The van der Waals surface area contributed by atoms with Crippen molar-refractivity contribution in [2.75, 3.05) is 52.3 Å². The van der Waals surface area contributed by atoms with Gasteiger partial charge in [0.05, 0.1) is 32.3 Å². The normalized spacial score (nSPS) is 12.5. The molecule has 332 valence electrons. The zero-order valence-electron chi connectivity index (χ0n) is 35.8. The molecule has 0 unspecified atom stereocenters. The van der Waals surface area contributed by atoms with E-state index < -0.39 is 18.2 Å². The van der Waals surface area contributed by atoms with Crippen LogP contribution >= 0.6 is 0 Å². The summed E-state index contributed by atoms with van der Waals surface area (Å²) in [5, 5.41) is 19.2. The Kier molecular flexibility index (Phi) is 36.8. The van der Waals surface area contributed by atoms with Gasteiger partial charge in [0.2, 0.25) is 18.2 Å². The molecule has 18 heteroatoms. The Morgan fingerprint density at radius 1 is 1.03 bits per heavy atom. The Bertz CT molecular complexity index is 1430. The van der Waals surface area contributed by atoms with Crippen LogP contribution in [0.2, 0.25) is 0 Å². The minimum absolute atomic E-state index is 0.0126. The van der Waals surface area contributed by atoms with E-state index in [-0.39, 0.29) is 69.5 Å². The minimum Gasteiger partial charge on any atom is -0.450 e. The van der Waals surface area contributed by atoms with E-state index in [1.54, 1.807) is 32.3 Å². The Balaban J connectivity index is -0.000000879. The van der Waals surface area contributed by atoms with Crippen LogP contribution in [-0.2, 0) is 51.4 Å². The number of ether oxygens (including phenoxy) is 2. The van der Waals surface area contributed by atoms with E-state index in [1.807, 2.05) is 13.8 Å². The van der Waals surface area contributed by atoms with Gasteiger partial charge in [-0.1, -0.05) is 66.4 Å². The second-order valence-corrected chi connectivity index (χ2v) is 12.6. The van der Waals surface area contributed by atoms with Gasteiger partial charge < -0.3 is 51.3 Å². The lowest BCUT2D eigenvalue weighted by atomic mass is 9.88. The first kappa shape index (κ1) is 57.5. The number of rotatable bonds is 20. The molecule has 7 N–H and O–H groups in total. The number of urea groups is 1. The maximum Gasteiger partial charge on any atom is 0.506 e. The number of imide groups is 1. The molecule has 1 aromatic carbocycles. The maximum atomic E-state index is 12.5. The summed E-state index contributed by atoms with van der Waals surface area (Å²) < 4.78 is 9.73. The number of hydrogen-bond acceptors (Lipinski definition) is 11. The molecule has 1 aliphatic heterocycles. The van der Waals surface area contributed by atoms with Crippen molar-refractivity contribution >= 4 is 54.2 Å². The van der Waals surface area contributed by atoms with Crippen LogP contribution in [0.1, 0.15) is 90.7 Å². The lowest BCUT2D eigenvalue weighted by Gasteiger charge is -2.18. The summed E-state index contributed by atoms with van der Waals surface area (Å²) in [6.45, 7) is 11.5. The van der Waals surface area contributed by atoms with E-state index >= 15 is 0 Å². The number of hydrogen-bond donors (Lipinski definition) is 6. The second-order valence-electron chi connectivity index (χ2n) is 12.6. The van der Waals surface area contributed by atoms with Crippen LogP contribution in [0.25, 0.3) is 0 Å². The lowest BCUT2D eigenvalue weighted by Crippen LogP contribution is -2.39. The molecule has 18 nitrogen and oxygen atoms in total. The molecule has 1 aliphatic carbocycles. The molecule has 1 fully saturated rings. The zero-order valence-corrected chi connectivity index (χ0v) is 35.8. The number of carbonyl (C=O) groups is 8. The highest BCUT2D eigenvalue weighted by molar-refractivity contribution is 6.12. The third-order valence-electron chi connectivity index (χ3n) is 7.67. The number of nitrogens with one attached hydrogen (secondary N) is 4. The fourth-order valence-corrected chi connectivity index (χ4v) is 4.52. The van der Waals surface area contributed by atoms with Gasteiger partial charge in [0, 0.05) is 44.4 Å². The molecular weight excluding hydrogens is 766 g/mol. The summed E-state index contributed by atoms with van der Waals surface area (Å²) in [5.41, 5.74) is 6.73. The molecule has 1 atom stereocenters. The molecule has 0 aromatic heterocycles. The number of anilines is 1. The van der Waals surface area contributed by atoms with E-state index in [0.717, 1.165) is 10.8 Å². The van der Waals surface area contributed by atoms with Crippen LogP contribution < -0.4 is 27.0 Å². The monoisotopic (exact) mass is 833 g/mol. The molecule has 0 saturated heterocycles. The number of benzene rings is 1. The van der Waals surface area contributed by atoms with Crippen LogP contribution in [0.5, 0.6) is 0 Å². The van der Waals surface area contributed by atoms with E-state index in [4.69, 9.17) is 15.6 Å². The number of likely N-dealkylation sites (N-methyl/N-ethyl adjacent to an activating group) is 1. The van der Waals surface area contributed by atoms with Gasteiger partial charge in [-0.2, -0.15) is 0 Å². The molecule has 59 heavy (non-hydrogen) atoms. The summed E-state index contributed by atoms with van der Waals surface area (Å²) >= 11 is 0. The third-order valence-corrected chi connectivity index (χ3v) is 7.67. The van der Waals surface area contributed by atoms with Gasteiger partial charge in [-0.25, -0.2) is 9.59 Å². The van der Waals surface area contributed by atoms with Crippen molar-refractivity contribution in [1.29, 1.82) is 0 Å². The fraction of sp³-hybridized carbons (Fsp3) is 0.561. The largest absolute Gasteiger partial charge is 0.506 e. The molecule has 2 aliphatic rings. The SMILES string of the molecule is C#C.CC.CC1CCC1.CCC.CN[C@@H](CCCNC(N)=O)C(=O)Nc1ccc(COC(=O)O)c(CN(C)C=O)c1.O=CCNC(=O)CCOCCN1C(=O)C=CC1=O. The van der Waals surface area contributed by atoms with Crippen molar-refractivity contribution in [2.45, 2.75) is 98.8 Å². The molecule has 1 saturated carbocycles. The molecule has 0 spiro atoms. The Morgan fingerprint density at radius 2 is 1.63 bits per heavy atom. The quantitative estimate of drug-likeness (QED) is 0.0363. The maximum absolute atomic E-state index is 12.5. The van der Waals surface area contributed by atoms with Gasteiger partial charge in [0.15, 0.2) is 0 Å². The van der Waals surface area contributed by atoms with Gasteiger partial charge in [0.1, 0.15) is 12.9 Å². The lowest BCUT2D eigenvalue weighted by molar-refractivity contribution is -0.138. The van der Waals surface area contributed by atoms with Crippen molar-refractivity contribution in [3.63, 3.8) is 0 Å². The Morgan fingerprint density at radius 3 is 2.10 bits per heavy atom. The van der Waals surface area contributed by atoms with Crippen molar-refractivity contribution < 1.29 is 52.9 Å². The van der Waals surface area contributed by atoms with E-state index in [9.17, 15) is 38.4 Å². The molecular formula is C41H67N7O11. The molecule has 7 amide bonds. The smallest absolute Gasteiger partial charge is 0.450 e. The van der Waals surface area contributed by atoms with E-state index in [1.165, 1.54) is 42.7 Å². The van der Waals surface area contributed by atoms with Crippen LogP contribution in [-0.4, -0.2) is 116 Å². The number of primary amides is 1. The molecule has 1 heterocycles. The Hall–Kier alpha value is -5.80. The molecule has 1 aromatic rings. The number of nitrogens with zero attached hydrogens (tertiary/aromatic N) is 2. The Labute approximate surface area is 349 Å². The standard InChI is InChI=1S/C18H27N5O6.C11H14N2O5.C5H10.C3H8.C2H6.C2H2/c1-20-15(4-3-7-21-17(19)26)16(25)22-14-6-5-12(10-29-18(27)28)13(8-14)9-23(2)11-24;14-6-4-12-9(15)3-7-18-8-5-13-10(16)1-2-11(13)17;1-5-3-2-4-5;1-3-2;2*1-2/h5-6,8,11,15,20H,3-4,7,9-10H2,1-2H3,(H,22,25)(H,27,28)(H3,19,21,26);1-2,6H,3-5,7-8H2,(H,12,15);5H,2-4H2,1H3;3H2,1-2H3;1-2H3;1-2H/t15-;;;;;/m0...../s1. The first-order valence-electron chi connectivity index (χ1n) is 19.5. The van der Waals surface area contributed by atoms with Crippen LogP contribution in [0, 0.1) is 18.8 Å². The highest BCUT2D eigenvalue weighted by Gasteiger charge is 2.22. The van der Waals surface area contributed by atoms with E-state index in [2.05, 4.69) is 59.6 Å². The summed E-state index contributed by atoms with van der Waals surface area (Å²) in [5.74, 6) is -0.192. The molecule has 0 radical (unpaired) electrons. The topological polar surface area (TPSA) is 256 Å². The van der Waals surface area contributed by atoms with Gasteiger partial charge in [-0.3, -0.25) is 28.9 Å². The summed E-state index contributed by atoms with van der Waals surface area (Å²) in [6.07, 6.45) is 17.1. The fourth-order valence-electron chi connectivity index (χ4n) is 4.52. The van der Waals surface area contributed by atoms with Gasteiger partial charge >= 0.3 is 12.2 Å². The average Bonchev–Trinajstić information content (AvgIpc) is 3.53. The average molecular weight is 834 g/mol. The summed E-state index contributed by atoms with van der Waals surface area (Å²) in [7, 11) is 3.24. The summed E-state index contributed by atoms with van der Waals surface area (Å²) in [4.78, 5) is 90.5. The number of carbonyl (C=O) groups excluding carboxylic acids is 7. The predicted molar refractivity (Wildman–Crippen MR) is 226 cm³/mol. The van der Waals surface area contributed by atoms with Crippen LogP contribution in [0.4, 0.5) is 15.3 Å². The van der Waals surface area contributed by atoms with Gasteiger partial charge in [-0.05, 0) is 49.1 Å². The van der Waals surface area contributed by atoms with Crippen LogP contribution in [0.3, 0.4) is 0 Å². The summed E-state index contributed by atoms with van der Waals surface area (Å²) in [6, 6.07) is 3.83. The minimum atomic E-state index is -1.40. The highest BCUT2D eigenvalue weighted by Crippen LogP contribution is 2.24. The van der Waals surface area contributed by atoms with E-state index in [0.29, 0.717) is 48.9 Å². The predicted octanol–water partition coefficient (Wildman–Crippen LogP) is 3.58. The zero-order chi connectivity index (χ0) is 45.6. The van der Waals surface area contributed by atoms with Crippen molar-refractivity contribution in [3.8, 4) is 12.8 Å². The van der Waals surface area contributed by atoms with Gasteiger partial charge in [-0.15, -0.1) is 12.8 Å². The van der Waals surface area contributed by atoms with Crippen molar-refractivity contribution in [2.24, 2.45) is 11.7 Å². The molecule has 3 rings (SSSR count). The first-order chi connectivity index (χ1) is 28.2. The number of nitrogens with two attached hydrogens (primary N) is 1. The highest BCUT2D eigenvalue weighted by atomic mass is 16.7. The van der Waals surface area contributed by atoms with Crippen molar-refractivity contribution in [3.05, 3.63) is 41.5 Å². The second kappa shape index (κ2) is 37.8. The van der Waals surface area contributed by atoms with Crippen LogP contribution in [0.15, 0.2) is 30.4 Å². The van der Waals surface area contributed by atoms with Crippen molar-refractivity contribution in [1.82, 2.24) is 25.8 Å². The number of aldehydes is 1. The number of amides is 7. The third kappa shape index (κ3) is 30.0.